The molecule has 12 nitrogen and oxygen atoms in total. The molecule has 4 aromatic rings. The molecule has 244 valence electrons. The smallest absolute Gasteiger partial charge is 0.266 e. The maximum absolute atomic E-state index is 13.6. The third-order valence-corrected chi connectivity index (χ3v) is 10.2. The molecule has 0 radical (unpaired) electrons. The van der Waals surface area contributed by atoms with Crippen LogP contribution in [0.3, 0.4) is 0 Å². The second-order valence-electron chi connectivity index (χ2n) is 12.2. The molecule has 0 spiro atoms. The molecule has 2 unspecified atom stereocenters. The number of amides is 1. The van der Waals surface area contributed by atoms with Crippen LogP contribution in [0.25, 0.3) is 16.9 Å². The third-order valence-electron chi connectivity index (χ3n) is 8.94. The van der Waals surface area contributed by atoms with Crippen LogP contribution in [-0.4, -0.2) is 74.0 Å². The Balaban J connectivity index is 1.11. The summed E-state index contributed by atoms with van der Waals surface area (Å²) in [7, 11) is 0. The van der Waals surface area contributed by atoms with E-state index < -0.39 is 18.5 Å². The first-order valence-corrected chi connectivity index (χ1v) is 16.7. The molecule has 3 atom stereocenters. The van der Waals surface area contributed by atoms with Gasteiger partial charge in [0, 0.05) is 43.3 Å². The highest BCUT2D eigenvalue weighted by molar-refractivity contribution is 7.18. The Morgan fingerprint density at radius 1 is 1.20 bits per heavy atom. The Labute approximate surface area is 271 Å². The van der Waals surface area contributed by atoms with Gasteiger partial charge < -0.3 is 26.0 Å². The molecule has 0 aliphatic carbocycles. The fourth-order valence-corrected chi connectivity index (χ4v) is 8.02. The molecule has 4 N–H and O–H groups in total. The zero-order chi connectivity index (χ0) is 31.9. The summed E-state index contributed by atoms with van der Waals surface area (Å²) < 4.78 is 35.4. The van der Waals surface area contributed by atoms with E-state index in [0.717, 1.165) is 43.2 Å². The number of thiophene rings is 1. The number of fused-ring (bicyclic) bond motifs is 3. The first-order valence-electron chi connectivity index (χ1n) is 15.5. The number of nitrogens with zero attached hydrogens (tertiary/aromatic N) is 6. The van der Waals surface area contributed by atoms with Crippen molar-refractivity contribution in [1.29, 1.82) is 0 Å². The standard InChI is InChI=1S/C30H34ClF2N9O3S/c31-24-12-23(45-19-9-16-3-1-4-17(10-19)37-16)28(46-24)30(44)38-18-5-2-8-40(13-18)22-11-21(42-27(22)29(34)35-15-36-42)20-6-7-26(43)41(39-20)14-25(32)33/h6-7,11-12,15-19,25,37H,1-5,8-10,13-14H2,(H,38,44)(H2,34,35,36)/t16?,17?,18-,19?/m1/s1. The van der Waals surface area contributed by atoms with Crippen LogP contribution >= 0.6 is 22.9 Å². The van der Waals surface area contributed by atoms with Crippen LogP contribution in [-0.2, 0) is 6.54 Å². The van der Waals surface area contributed by atoms with Gasteiger partial charge in [0.1, 0.15) is 40.8 Å². The number of hydrogen-bond acceptors (Lipinski definition) is 10. The zero-order valence-corrected chi connectivity index (χ0v) is 26.4. The van der Waals surface area contributed by atoms with Crippen molar-refractivity contribution >= 4 is 45.9 Å². The highest BCUT2D eigenvalue weighted by Gasteiger charge is 2.34. The highest BCUT2D eigenvalue weighted by atomic mass is 35.5. The van der Waals surface area contributed by atoms with Crippen molar-refractivity contribution < 1.29 is 18.3 Å². The van der Waals surface area contributed by atoms with Crippen LogP contribution in [0.5, 0.6) is 5.75 Å². The molecule has 3 saturated heterocycles. The number of hydrogen-bond donors (Lipinski definition) is 3. The summed E-state index contributed by atoms with van der Waals surface area (Å²) in [6.07, 6.45) is 5.48. The van der Waals surface area contributed by atoms with E-state index in [1.807, 2.05) is 6.07 Å². The Hall–Kier alpha value is -3.82. The Morgan fingerprint density at radius 2 is 2.00 bits per heavy atom. The largest absolute Gasteiger partial charge is 0.489 e. The lowest BCUT2D eigenvalue weighted by Gasteiger charge is -2.40. The number of aromatic nitrogens is 5. The molecule has 1 amide bonds. The average Bonchev–Trinajstić information content (AvgIpc) is 3.59. The minimum absolute atomic E-state index is 0.0353. The van der Waals surface area contributed by atoms with E-state index in [2.05, 4.69) is 30.7 Å². The summed E-state index contributed by atoms with van der Waals surface area (Å²) in [6, 6.07) is 6.92. The number of halogens is 3. The minimum Gasteiger partial charge on any atom is -0.489 e. The second-order valence-corrected chi connectivity index (χ2v) is 13.8. The number of nitrogens with one attached hydrogen (secondary N) is 2. The fourth-order valence-electron chi connectivity index (χ4n) is 6.96. The molecule has 16 heteroatoms. The topological polar surface area (TPSA) is 145 Å². The third kappa shape index (κ3) is 6.27. The van der Waals surface area contributed by atoms with Gasteiger partial charge in [0.2, 0.25) is 0 Å². The van der Waals surface area contributed by atoms with Crippen molar-refractivity contribution in [2.75, 3.05) is 23.7 Å². The average molecular weight is 674 g/mol. The molecule has 4 aromatic heterocycles. The normalized spacial score (nSPS) is 23.2. The maximum Gasteiger partial charge on any atom is 0.266 e. The summed E-state index contributed by atoms with van der Waals surface area (Å²) in [5.41, 5.74) is 7.66. The Morgan fingerprint density at radius 3 is 2.78 bits per heavy atom. The minimum atomic E-state index is -2.74. The fraction of sp³-hybridized carbons (Fsp3) is 0.500. The SMILES string of the molecule is Nc1ncnn2c(-c3ccc(=O)n(CC(F)F)n3)cc(N3CCC[C@@H](NC(=O)c4sc(Cl)cc4OC4CC5CCCC(C4)N5)C3)c12. The number of anilines is 2. The van der Waals surface area contributed by atoms with Crippen molar-refractivity contribution in [1.82, 2.24) is 35.0 Å². The van der Waals surface area contributed by atoms with E-state index in [1.54, 1.807) is 10.6 Å². The van der Waals surface area contributed by atoms with Gasteiger partial charge in [-0.3, -0.25) is 9.59 Å². The number of rotatable bonds is 8. The van der Waals surface area contributed by atoms with E-state index in [-0.39, 0.29) is 29.6 Å². The monoisotopic (exact) mass is 673 g/mol. The van der Waals surface area contributed by atoms with Crippen LogP contribution in [0.2, 0.25) is 4.34 Å². The summed E-state index contributed by atoms with van der Waals surface area (Å²) in [5.74, 6) is 0.517. The Bertz CT molecular complexity index is 1800. The van der Waals surface area contributed by atoms with Crippen LogP contribution in [0.4, 0.5) is 20.3 Å². The molecule has 0 aromatic carbocycles. The summed E-state index contributed by atoms with van der Waals surface area (Å²) in [6.45, 7) is 0.328. The lowest BCUT2D eigenvalue weighted by atomic mass is 9.85. The van der Waals surface area contributed by atoms with Gasteiger partial charge >= 0.3 is 0 Å². The van der Waals surface area contributed by atoms with Crippen molar-refractivity contribution in [3.8, 4) is 17.1 Å². The lowest BCUT2D eigenvalue weighted by molar-refractivity contribution is 0.0869. The van der Waals surface area contributed by atoms with Crippen LogP contribution < -0.4 is 31.6 Å². The quantitative estimate of drug-likeness (QED) is 0.253. The number of carbonyl (C=O) groups is 1. The van der Waals surface area contributed by atoms with Crippen molar-refractivity contribution in [2.24, 2.45) is 0 Å². The molecular weight excluding hydrogens is 640 g/mol. The van der Waals surface area contributed by atoms with Crippen molar-refractivity contribution in [3.63, 3.8) is 0 Å². The molecule has 46 heavy (non-hydrogen) atoms. The molecule has 7 heterocycles. The number of ether oxygens (including phenoxy) is 1. The molecule has 3 aliphatic heterocycles. The van der Waals surface area contributed by atoms with Gasteiger partial charge in [-0.1, -0.05) is 18.0 Å². The first kappa shape index (κ1) is 30.8. The van der Waals surface area contributed by atoms with Gasteiger partial charge in [-0.05, 0) is 50.7 Å². The number of piperidine rings is 3. The second kappa shape index (κ2) is 12.8. The molecule has 0 saturated carbocycles. The highest BCUT2D eigenvalue weighted by Crippen LogP contribution is 2.37. The molecule has 7 rings (SSSR count). The maximum atomic E-state index is 13.6. The predicted octanol–water partition coefficient (Wildman–Crippen LogP) is 3.97. The van der Waals surface area contributed by atoms with Crippen LogP contribution in [0, 0.1) is 0 Å². The van der Waals surface area contributed by atoms with Gasteiger partial charge in [0.15, 0.2) is 5.82 Å². The van der Waals surface area contributed by atoms with Gasteiger partial charge in [-0.25, -0.2) is 23.0 Å². The molecule has 2 bridgehead atoms. The van der Waals surface area contributed by atoms with E-state index in [9.17, 15) is 18.4 Å². The van der Waals surface area contributed by atoms with Gasteiger partial charge in [0.05, 0.1) is 15.7 Å². The molecular formula is C30H34ClF2N9O3S. The Kier molecular flexibility index (Phi) is 8.55. The van der Waals surface area contributed by atoms with Crippen molar-refractivity contribution in [2.45, 2.75) is 82.1 Å². The molecule has 3 aliphatic rings. The van der Waals surface area contributed by atoms with Crippen LogP contribution in [0.15, 0.2) is 35.4 Å². The van der Waals surface area contributed by atoms with E-state index in [1.165, 1.54) is 36.2 Å². The lowest BCUT2D eigenvalue weighted by Crippen LogP contribution is -2.51. The number of nitrogens with two attached hydrogens (primary N) is 1. The van der Waals surface area contributed by atoms with Gasteiger partial charge in [-0.2, -0.15) is 10.2 Å². The van der Waals surface area contributed by atoms with E-state index in [4.69, 9.17) is 22.1 Å². The first-order chi connectivity index (χ1) is 22.2. The van der Waals surface area contributed by atoms with Gasteiger partial charge in [-0.15, -0.1) is 11.3 Å². The van der Waals surface area contributed by atoms with E-state index >= 15 is 0 Å². The summed E-state index contributed by atoms with van der Waals surface area (Å²) >= 11 is 7.60. The summed E-state index contributed by atoms with van der Waals surface area (Å²) in [5, 5.41) is 15.4. The number of alkyl halides is 2. The zero-order valence-electron chi connectivity index (χ0n) is 24.9. The number of carbonyl (C=O) groups excluding carboxylic acids is 1. The number of nitrogen functional groups attached to an aromatic ring is 1. The van der Waals surface area contributed by atoms with Gasteiger partial charge in [0.25, 0.3) is 17.9 Å². The predicted molar refractivity (Wildman–Crippen MR) is 171 cm³/mol. The van der Waals surface area contributed by atoms with Crippen molar-refractivity contribution in [3.05, 3.63) is 50.2 Å². The molecule has 3 fully saturated rings. The summed E-state index contributed by atoms with van der Waals surface area (Å²) in [4.78, 5) is 32.5. The van der Waals surface area contributed by atoms with Crippen LogP contribution in [0.1, 0.15) is 54.6 Å². The van der Waals surface area contributed by atoms with E-state index in [0.29, 0.717) is 57.0 Å².